The molecule has 0 aliphatic heterocycles. The lowest BCUT2D eigenvalue weighted by Gasteiger charge is -2.27. The molecule has 2 aromatic rings. The number of nitrogens with one attached hydrogen (secondary N) is 1. The summed E-state index contributed by atoms with van der Waals surface area (Å²) in [7, 11) is 0. The molecule has 0 bridgehead atoms. The van der Waals surface area contributed by atoms with Gasteiger partial charge in [0, 0.05) is 24.1 Å². The molecule has 0 radical (unpaired) electrons. The summed E-state index contributed by atoms with van der Waals surface area (Å²) in [5.74, 6) is 0.926. The van der Waals surface area contributed by atoms with Gasteiger partial charge in [0.15, 0.2) is 5.78 Å². The van der Waals surface area contributed by atoms with Crippen molar-refractivity contribution in [2.45, 2.75) is 70.3 Å². The van der Waals surface area contributed by atoms with E-state index in [1.165, 1.54) is 18.4 Å². The van der Waals surface area contributed by atoms with Gasteiger partial charge in [-0.15, -0.1) is 0 Å². The van der Waals surface area contributed by atoms with Gasteiger partial charge in [0.1, 0.15) is 5.75 Å². The number of rotatable bonds is 11. The van der Waals surface area contributed by atoms with Gasteiger partial charge >= 0.3 is 5.97 Å². The Labute approximate surface area is 217 Å². The number of amides is 1. The van der Waals surface area contributed by atoms with E-state index in [0.29, 0.717) is 53.8 Å². The van der Waals surface area contributed by atoms with E-state index in [0.717, 1.165) is 25.7 Å². The minimum Gasteiger partial charge on any atom is -0.490 e. The number of ether oxygens (including phenoxy) is 2. The van der Waals surface area contributed by atoms with Crippen LogP contribution >= 0.6 is 11.6 Å². The van der Waals surface area contributed by atoms with E-state index in [-0.39, 0.29) is 29.7 Å². The third-order valence-corrected chi connectivity index (χ3v) is 7.24. The molecule has 2 aliphatic carbocycles. The van der Waals surface area contributed by atoms with Gasteiger partial charge < -0.3 is 14.8 Å². The highest BCUT2D eigenvalue weighted by atomic mass is 35.5. The van der Waals surface area contributed by atoms with Crippen molar-refractivity contribution in [3.05, 3.63) is 64.2 Å². The Kier molecular flexibility index (Phi) is 9.03. The second kappa shape index (κ2) is 12.4. The third kappa shape index (κ3) is 7.10. The molecule has 192 valence electrons. The number of ketones is 1. The highest BCUT2D eigenvalue weighted by molar-refractivity contribution is 6.34. The van der Waals surface area contributed by atoms with E-state index in [9.17, 15) is 14.4 Å². The Balaban J connectivity index is 1.18. The highest BCUT2D eigenvalue weighted by Gasteiger charge is 2.28. The summed E-state index contributed by atoms with van der Waals surface area (Å²) in [5, 5.41) is 3.24. The van der Waals surface area contributed by atoms with Gasteiger partial charge in [0.2, 0.25) is 0 Å². The first-order valence-electron chi connectivity index (χ1n) is 13.0. The summed E-state index contributed by atoms with van der Waals surface area (Å²) in [5.41, 5.74) is 2.39. The summed E-state index contributed by atoms with van der Waals surface area (Å²) in [4.78, 5) is 36.9. The lowest BCUT2D eigenvalue weighted by atomic mass is 9.87. The Bertz CT molecular complexity index is 1070. The van der Waals surface area contributed by atoms with Crippen LogP contribution in [0, 0.1) is 5.92 Å². The summed E-state index contributed by atoms with van der Waals surface area (Å²) in [6, 6.07) is 12.9. The zero-order valence-corrected chi connectivity index (χ0v) is 21.5. The number of Topliss-reactive ketones (excluding diaryl/α,β-unsaturated/α-hetero) is 1. The maximum Gasteiger partial charge on any atom is 0.308 e. The molecule has 0 atom stereocenters. The molecular formula is C29H34ClNO5. The minimum atomic E-state index is -0.124. The van der Waals surface area contributed by atoms with Gasteiger partial charge in [0.05, 0.1) is 23.7 Å². The molecule has 2 aromatic carbocycles. The average Bonchev–Trinajstić information content (AvgIpc) is 3.73. The summed E-state index contributed by atoms with van der Waals surface area (Å²) >= 11 is 6.39. The first kappa shape index (κ1) is 26.2. The van der Waals surface area contributed by atoms with Crippen molar-refractivity contribution in [2.75, 3.05) is 13.2 Å². The molecule has 7 heteroatoms. The van der Waals surface area contributed by atoms with Crippen molar-refractivity contribution in [1.82, 2.24) is 5.32 Å². The molecule has 0 spiro atoms. The van der Waals surface area contributed by atoms with Crippen LogP contribution in [0.1, 0.15) is 90.5 Å². The van der Waals surface area contributed by atoms with Crippen molar-refractivity contribution in [2.24, 2.45) is 5.92 Å². The topological polar surface area (TPSA) is 81.7 Å². The molecule has 2 fully saturated rings. The Morgan fingerprint density at radius 2 is 1.69 bits per heavy atom. The molecule has 0 saturated heterocycles. The quantitative estimate of drug-likeness (QED) is 0.223. The number of benzene rings is 2. The lowest BCUT2D eigenvalue weighted by molar-refractivity contribution is -0.149. The average molecular weight is 512 g/mol. The molecule has 0 aromatic heterocycles. The smallest absolute Gasteiger partial charge is 0.308 e. The third-order valence-electron chi connectivity index (χ3n) is 6.93. The minimum absolute atomic E-state index is 0.0156. The van der Waals surface area contributed by atoms with E-state index in [4.69, 9.17) is 21.1 Å². The van der Waals surface area contributed by atoms with E-state index < -0.39 is 0 Å². The number of halogens is 1. The SMILES string of the molecule is CCOC(=O)C1CCC(Oc2ccc(C(=O)CCCNC(=O)c3ccc(C4CC4)cc3)c(Cl)c2)CC1. The molecule has 36 heavy (non-hydrogen) atoms. The van der Waals surface area contributed by atoms with Crippen molar-refractivity contribution < 1.29 is 23.9 Å². The van der Waals surface area contributed by atoms with Crippen LogP contribution in [0.25, 0.3) is 0 Å². The molecule has 4 rings (SSSR count). The fourth-order valence-corrected chi connectivity index (χ4v) is 4.95. The Morgan fingerprint density at radius 3 is 2.33 bits per heavy atom. The van der Waals surface area contributed by atoms with Crippen LogP contribution in [0.3, 0.4) is 0 Å². The molecule has 2 saturated carbocycles. The Morgan fingerprint density at radius 1 is 0.972 bits per heavy atom. The number of hydrogen-bond donors (Lipinski definition) is 1. The normalized spacial score (nSPS) is 19.4. The van der Waals surface area contributed by atoms with Gasteiger partial charge in [0.25, 0.3) is 5.91 Å². The van der Waals surface area contributed by atoms with E-state index in [1.54, 1.807) is 18.2 Å². The van der Waals surface area contributed by atoms with E-state index >= 15 is 0 Å². The first-order chi connectivity index (χ1) is 17.4. The molecule has 6 nitrogen and oxygen atoms in total. The van der Waals surface area contributed by atoms with Crippen molar-refractivity contribution in [1.29, 1.82) is 0 Å². The largest absolute Gasteiger partial charge is 0.490 e. The number of esters is 1. The monoisotopic (exact) mass is 511 g/mol. The predicted octanol–water partition coefficient (Wildman–Crippen LogP) is 6.11. The lowest BCUT2D eigenvalue weighted by Crippen LogP contribution is -2.29. The van der Waals surface area contributed by atoms with E-state index in [2.05, 4.69) is 5.32 Å². The van der Waals surface area contributed by atoms with Gasteiger partial charge in [-0.05, 0) is 93.7 Å². The first-order valence-corrected chi connectivity index (χ1v) is 13.4. The molecule has 0 heterocycles. The molecule has 0 unspecified atom stereocenters. The zero-order valence-electron chi connectivity index (χ0n) is 20.8. The second-order valence-electron chi connectivity index (χ2n) is 9.66. The van der Waals surface area contributed by atoms with Crippen molar-refractivity contribution in [3.8, 4) is 5.75 Å². The van der Waals surface area contributed by atoms with Crippen LogP contribution in [0.5, 0.6) is 5.75 Å². The zero-order chi connectivity index (χ0) is 25.5. The fraction of sp³-hybridized carbons (Fsp3) is 0.483. The van der Waals surface area contributed by atoms with Crippen molar-refractivity contribution in [3.63, 3.8) is 0 Å². The Hall–Kier alpha value is -2.86. The van der Waals surface area contributed by atoms with Crippen LogP contribution in [0.4, 0.5) is 0 Å². The van der Waals surface area contributed by atoms with Crippen LogP contribution in [0.15, 0.2) is 42.5 Å². The number of carbonyl (C=O) groups is 3. The fourth-order valence-electron chi connectivity index (χ4n) is 4.68. The molecular weight excluding hydrogens is 478 g/mol. The predicted molar refractivity (Wildman–Crippen MR) is 139 cm³/mol. The summed E-state index contributed by atoms with van der Waals surface area (Å²) in [6.45, 7) is 2.64. The molecule has 1 amide bonds. The van der Waals surface area contributed by atoms with Crippen LogP contribution in [-0.2, 0) is 9.53 Å². The highest BCUT2D eigenvalue weighted by Crippen LogP contribution is 2.39. The molecule has 2 aliphatic rings. The van der Waals surface area contributed by atoms with Crippen LogP contribution in [-0.4, -0.2) is 36.9 Å². The summed E-state index contributed by atoms with van der Waals surface area (Å²) in [6.07, 6.45) is 6.35. The van der Waals surface area contributed by atoms with Gasteiger partial charge in [-0.3, -0.25) is 14.4 Å². The maximum absolute atomic E-state index is 12.7. The number of carbonyl (C=O) groups excluding carboxylic acids is 3. The van der Waals surface area contributed by atoms with Crippen molar-refractivity contribution >= 4 is 29.3 Å². The molecule has 1 N–H and O–H groups in total. The second-order valence-corrected chi connectivity index (χ2v) is 10.1. The van der Waals surface area contributed by atoms with Crippen LogP contribution < -0.4 is 10.1 Å². The van der Waals surface area contributed by atoms with Gasteiger partial charge in [-0.2, -0.15) is 0 Å². The standard InChI is InChI=1S/C29H34ClNO5/c1-2-35-29(34)22-11-13-23(14-12-22)36-24-15-16-25(26(30)18-24)27(32)4-3-17-31-28(33)21-9-7-20(8-10-21)19-5-6-19/h7-10,15-16,18-19,22-23H,2-6,11-14,17H2,1H3,(H,31,33). The van der Waals surface area contributed by atoms with Crippen LogP contribution in [0.2, 0.25) is 5.02 Å². The van der Waals surface area contributed by atoms with Gasteiger partial charge in [-0.1, -0.05) is 23.7 Å². The van der Waals surface area contributed by atoms with E-state index in [1.807, 2.05) is 31.2 Å². The number of hydrogen-bond acceptors (Lipinski definition) is 5. The van der Waals surface area contributed by atoms with Gasteiger partial charge in [-0.25, -0.2) is 0 Å². The summed E-state index contributed by atoms with van der Waals surface area (Å²) < 4.78 is 11.2. The maximum atomic E-state index is 12.7.